The highest BCUT2D eigenvalue weighted by Crippen LogP contribution is 2.21. The van der Waals surface area contributed by atoms with Crippen LogP contribution in [0, 0.1) is 0 Å². The second-order valence-corrected chi connectivity index (χ2v) is 3.05. The van der Waals surface area contributed by atoms with Crippen molar-refractivity contribution in [1.82, 2.24) is 9.78 Å². The maximum absolute atomic E-state index is 11.7. The number of aryl methyl sites for hydroxylation is 1. The quantitative estimate of drug-likeness (QED) is 0.780. The summed E-state index contributed by atoms with van der Waals surface area (Å²) in [7, 11) is 0. The summed E-state index contributed by atoms with van der Waals surface area (Å²) in [5.41, 5.74) is 0. The molecule has 1 aromatic heterocycles. The van der Waals surface area contributed by atoms with Gasteiger partial charge in [-0.05, 0) is 22.0 Å². The second-order valence-electron chi connectivity index (χ2n) is 2.24. The first-order chi connectivity index (χ1) is 5.49. The number of aromatic nitrogens is 2. The molecule has 0 aromatic carbocycles. The Kier molecular flexibility index (Phi) is 2.76. The van der Waals surface area contributed by atoms with Crippen molar-refractivity contribution in [3.8, 4) is 0 Å². The minimum atomic E-state index is -4.12. The van der Waals surface area contributed by atoms with Gasteiger partial charge in [-0.3, -0.25) is 4.68 Å². The van der Waals surface area contributed by atoms with Crippen LogP contribution in [0.1, 0.15) is 6.42 Å². The smallest absolute Gasteiger partial charge is 0.258 e. The van der Waals surface area contributed by atoms with Gasteiger partial charge < -0.3 is 0 Å². The van der Waals surface area contributed by atoms with Crippen LogP contribution in [0.15, 0.2) is 16.9 Å². The molecule has 0 amide bonds. The Balaban J connectivity index is 2.49. The molecule has 6 heteroatoms. The first-order valence-electron chi connectivity index (χ1n) is 3.23. The average molecular weight is 243 g/mol. The van der Waals surface area contributed by atoms with Gasteiger partial charge in [0.05, 0.1) is 19.2 Å². The lowest BCUT2D eigenvalue weighted by molar-refractivity contribution is -0.137. The minimum absolute atomic E-state index is 0.142. The molecule has 0 radical (unpaired) electrons. The Labute approximate surface area is 75.5 Å². The van der Waals surface area contributed by atoms with Crippen LogP contribution in [0.5, 0.6) is 0 Å². The molecule has 2 nitrogen and oxygen atoms in total. The third-order valence-corrected chi connectivity index (χ3v) is 1.95. The van der Waals surface area contributed by atoms with E-state index in [1.54, 1.807) is 6.07 Å². The monoisotopic (exact) mass is 242 g/mol. The summed E-state index contributed by atoms with van der Waals surface area (Å²) < 4.78 is 37.0. The molecular formula is C6H6BrF3N2. The van der Waals surface area contributed by atoms with Crippen molar-refractivity contribution in [3.05, 3.63) is 16.9 Å². The van der Waals surface area contributed by atoms with Crippen molar-refractivity contribution in [1.29, 1.82) is 0 Å². The van der Waals surface area contributed by atoms with Crippen LogP contribution in [0.2, 0.25) is 0 Å². The van der Waals surface area contributed by atoms with Gasteiger partial charge in [0.2, 0.25) is 0 Å². The van der Waals surface area contributed by atoms with E-state index in [1.807, 2.05) is 0 Å². The molecule has 0 saturated heterocycles. The van der Waals surface area contributed by atoms with Crippen LogP contribution >= 0.6 is 15.9 Å². The molecule has 1 heterocycles. The number of nitrogens with zero attached hydrogens (tertiary/aromatic N) is 2. The highest BCUT2D eigenvalue weighted by Gasteiger charge is 2.26. The molecule has 0 aliphatic heterocycles. The fourth-order valence-electron chi connectivity index (χ4n) is 0.714. The summed E-state index contributed by atoms with van der Waals surface area (Å²) >= 11 is 3.07. The number of alkyl halides is 3. The van der Waals surface area contributed by atoms with E-state index >= 15 is 0 Å². The van der Waals surface area contributed by atoms with Gasteiger partial charge in [-0.15, -0.1) is 0 Å². The Morgan fingerprint density at radius 2 is 2.17 bits per heavy atom. The maximum atomic E-state index is 11.7. The Hall–Kier alpha value is -0.520. The third-order valence-electron chi connectivity index (χ3n) is 1.27. The second kappa shape index (κ2) is 3.47. The average Bonchev–Trinajstić information content (AvgIpc) is 2.29. The van der Waals surface area contributed by atoms with Gasteiger partial charge in [-0.1, -0.05) is 0 Å². The Morgan fingerprint density at radius 3 is 2.58 bits per heavy atom. The van der Waals surface area contributed by atoms with Gasteiger partial charge in [-0.25, -0.2) is 0 Å². The predicted octanol–water partition coefficient (Wildman–Crippen LogP) is 2.60. The van der Waals surface area contributed by atoms with Crippen LogP contribution in [0.25, 0.3) is 0 Å². The standard InChI is InChI=1S/C6H6BrF3N2/c7-5-1-3-11-12(5)4-2-6(8,9)10/h1,3H,2,4H2. The zero-order valence-electron chi connectivity index (χ0n) is 5.98. The number of hydrogen-bond acceptors (Lipinski definition) is 1. The molecule has 1 aromatic rings. The van der Waals surface area contributed by atoms with Crippen molar-refractivity contribution < 1.29 is 13.2 Å². The van der Waals surface area contributed by atoms with Gasteiger partial charge >= 0.3 is 6.18 Å². The molecule has 0 bridgehead atoms. The Morgan fingerprint density at radius 1 is 1.50 bits per heavy atom. The molecular weight excluding hydrogens is 237 g/mol. The molecule has 1 rings (SSSR count). The number of rotatable bonds is 2. The minimum Gasteiger partial charge on any atom is -0.258 e. The maximum Gasteiger partial charge on any atom is 0.390 e. The fourth-order valence-corrected chi connectivity index (χ4v) is 1.10. The number of halogens is 4. The van der Waals surface area contributed by atoms with Crippen molar-refractivity contribution in [3.63, 3.8) is 0 Å². The van der Waals surface area contributed by atoms with Crippen LogP contribution in [-0.4, -0.2) is 16.0 Å². The van der Waals surface area contributed by atoms with Crippen molar-refractivity contribution in [2.75, 3.05) is 0 Å². The largest absolute Gasteiger partial charge is 0.390 e. The van der Waals surface area contributed by atoms with E-state index in [-0.39, 0.29) is 6.54 Å². The van der Waals surface area contributed by atoms with E-state index in [0.717, 1.165) is 0 Å². The third kappa shape index (κ3) is 2.84. The summed E-state index contributed by atoms with van der Waals surface area (Å²) in [5.74, 6) is 0. The fraction of sp³-hybridized carbons (Fsp3) is 0.500. The predicted molar refractivity (Wildman–Crippen MR) is 40.6 cm³/mol. The van der Waals surface area contributed by atoms with E-state index in [1.165, 1.54) is 10.9 Å². The molecule has 0 aliphatic carbocycles. The van der Waals surface area contributed by atoms with E-state index in [2.05, 4.69) is 21.0 Å². The van der Waals surface area contributed by atoms with E-state index in [4.69, 9.17) is 0 Å². The molecule has 0 fully saturated rings. The van der Waals surface area contributed by atoms with Gasteiger partial charge in [-0.2, -0.15) is 18.3 Å². The van der Waals surface area contributed by atoms with Crippen molar-refractivity contribution in [2.45, 2.75) is 19.1 Å². The summed E-state index contributed by atoms with van der Waals surface area (Å²) in [4.78, 5) is 0. The van der Waals surface area contributed by atoms with Gasteiger partial charge in [0.15, 0.2) is 0 Å². The first kappa shape index (κ1) is 9.57. The van der Waals surface area contributed by atoms with Gasteiger partial charge in [0.1, 0.15) is 4.60 Å². The lowest BCUT2D eigenvalue weighted by Crippen LogP contribution is -2.13. The highest BCUT2D eigenvalue weighted by molar-refractivity contribution is 9.10. The molecule has 0 aliphatic rings. The van der Waals surface area contributed by atoms with Crippen molar-refractivity contribution >= 4 is 15.9 Å². The lowest BCUT2D eigenvalue weighted by atomic mass is 10.4. The molecule has 68 valence electrons. The molecule has 0 atom stereocenters. The Bertz CT molecular complexity index is 256. The summed E-state index contributed by atoms with van der Waals surface area (Å²) in [6, 6.07) is 1.59. The molecule has 0 unspecified atom stereocenters. The lowest BCUT2D eigenvalue weighted by Gasteiger charge is -2.06. The normalized spacial score (nSPS) is 12.0. The first-order valence-corrected chi connectivity index (χ1v) is 4.02. The van der Waals surface area contributed by atoms with Crippen LogP contribution in [-0.2, 0) is 6.54 Å². The van der Waals surface area contributed by atoms with Crippen molar-refractivity contribution in [2.24, 2.45) is 0 Å². The zero-order chi connectivity index (χ0) is 9.19. The van der Waals surface area contributed by atoms with E-state index in [0.29, 0.717) is 4.60 Å². The zero-order valence-corrected chi connectivity index (χ0v) is 7.56. The van der Waals surface area contributed by atoms with E-state index < -0.39 is 12.6 Å². The summed E-state index contributed by atoms with van der Waals surface area (Å²) in [6.45, 7) is -0.142. The SMILES string of the molecule is FC(F)(F)CCn1nccc1Br. The highest BCUT2D eigenvalue weighted by atomic mass is 79.9. The van der Waals surface area contributed by atoms with Crippen LogP contribution in [0.4, 0.5) is 13.2 Å². The van der Waals surface area contributed by atoms with Crippen LogP contribution < -0.4 is 0 Å². The molecule has 0 N–H and O–H groups in total. The molecule has 0 saturated carbocycles. The van der Waals surface area contributed by atoms with Crippen LogP contribution in [0.3, 0.4) is 0 Å². The summed E-state index contributed by atoms with van der Waals surface area (Å²) in [5, 5.41) is 3.69. The summed E-state index contributed by atoms with van der Waals surface area (Å²) in [6.07, 6.45) is -3.53. The molecule has 12 heavy (non-hydrogen) atoms. The van der Waals surface area contributed by atoms with Gasteiger partial charge in [0, 0.05) is 0 Å². The van der Waals surface area contributed by atoms with E-state index in [9.17, 15) is 13.2 Å². The number of hydrogen-bond donors (Lipinski definition) is 0. The molecule has 0 spiro atoms. The topological polar surface area (TPSA) is 17.8 Å². The van der Waals surface area contributed by atoms with Gasteiger partial charge in [0.25, 0.3) is 0 Å².